The fourth-order valence-electron chi connectivity index (χ4n) is 3.06. The molecule has 0 aliphatic heterocycles. The lowest BCUT2D eigenvalue weighted by atomic mass is 10.1. The first-order valence-corrected chi connectivity index (χ1v) is 12.4. The first-order chi connectivity index (χ1) is 17.7. The van der Waals surface area contributed by atoms with Gasteiger partial charge in [0.15, 0.2) is 11.5 Å². The van der Waals surface area contributed by atoms with Gasteiger partial charge in [0, 0.05) is 41.6 Å². The van der Waals surface area contributed by atoms with Crippen LogP contribution in [0.3, 0.4) is 0 Å². The van der Waals surface area contributed by atoms with Gasteiger partial charge in [-0.2, -0.15) is 13.2 Å². The highest BCUT2D eigenvalue weighted by Crippen LogP contribution is 2.41. The van der Waals surface area contributed by atoms with Crippen LogP contribution in [0, 0.1) is 0 Å². The Morgan fingerprint density at radius 1 is 1.05 bits per heavy atom. The third-order valence-electron chi connectivity index (χ3n) is 4.60. The second-order valence-electron chi connectivity index (χ2n) is 7.12. The van der Waals surface area contributed by atoms with E-state index in [0.29, 0.717) is 12.1 Å². The molecule has 4 heterocycles. The molecule has 0 aromatic carbocycles. The number of alkyl halides is 3. The highest BCUT2D eigenvalue weighted by atomic mass is 32.1. The van der Waals surface area contributed by atoms with E-state index in [1.165, 1.54) is 24.7 Å². The lowest BCUT2D eigenvalue weighted by Gasteiger charge is -2.09. The number of hydrogen-bond acceptors (Lipinski definition) is 10. The average Bonchev–Trinajstić information content (AvgIpc) is 3.53. The number of halogens is 3. The summed E-state index contributed by atoms with van der Waals surface area (Å²) in [6.45, 7) is 3.86. The number of nitrogens with one attached hydrogen (secondary N) is 2. The summed E-state index contributed by atoms with van der Waals surface area (Å²) in [4.78, 5) is 45.6. The predicted octanol–water partition coefficient (Wildman–Crippen LogP) is 5.12. The van der Waals surface area contributed by atoms with Crippen molar-refractivity contribution in [3.05, 3.63) is 46.7 Å². The zero-order chi connectivity index (χ0) is 26.6. The largest absolute Gasteiger partial charge is 0.462 e. The number of ether oxygens (including phenoxy) is 1. The molecule has 37 heavy (non-hydrogen) atoms. The molecular formula is C22H18F3N7O3S2. The van der Waals surface area contributed by atoms with E-state index in [-0.39, 0.29) is 44.4 Å². The number of pyridine rings is 1. The summed E-state index contributed by atoms with van der Waals surface area (Å²) in [5.74, 6) is -0.390. The summed E-state index contributed by atoms with van der Waals surface area (Å²) in [5.41, 5.74) is -0.378. The van der Waals surface area contributed by atoms with E-state index < -0.39 is 23.9 Å². The lowest BCUT2D eigenvalue weighted by Crippen LogP contribution is -2.28. The molecule has 192 valence electrons. The van der Waals surface area contributed by atoms with Crippen molar-refractivity contribution in [1.29, 1.82) is 0 Å². The summed E-state index contributed by atoms with van der Waals surface area (Å²) >= 11 is 1.73. The molecule has 4 aromatic rings. The standard InChI is InChI=1S/C22H18F3N7O3S2/c1-3-26-21(34)31-14-8-11(18-30-13(10-36-18)22(23,24)25)12(9-29-14)19-32-15(17-27-6-5-7-28-17)16(37-19)20(33)35-4-2/h5-10H,3-4H2,1-2H3,(H2,26,29,31,34). The molecule has 0 aliphatic carbocycles. The van der Waals surface area contributed by atoms with Crippen LogP contribution in [0.5, 0.6) is 0 Å². The minimum absolute atomic E-state index is 0.0223. The molecule has 0 bridgehead atoms. The number of anilines is 1. The number of carbonyl (C=O) groups is 2. The van der Waals surface area contributed by atoms with Gasteiger partial charge in [-0.3, -0.25) is 5.32 Å². The Morgan fingerprint density at radius 2 is 1.81 bits per heavy atom. The van der Waals surface area contributed by atoms with Gasteiger partial charge in [0.1, 0.15) is 26.4 Å². The van der Waals surface area contributed by atoms with Crippen LogP contribution in [0.1, 0.15) is 29.2 Å². The van der Waals surface area contributed by atoms with Crippen molar-refractivity contribution >= 4 is 40.5 Å². The smallest absolute Gasteiger partial charge is 0.434 e. The van der Waals surface area contributed by atoms with Gasteiger partial charge in [-0.05, 0) is 26.0 Å². The molecule has 2 amide bonds. The fraction of sp³-hybridized carbons (Fsp3) is 0.227. The highest BCUT2D eigenvalue weighted by Gasteiger charge is 2.34. The Morgan fingerprint density at radius 3 is 2.46 bits per heavy atom. The molecule has 0 saturated carbocycles. The van der Waals surface area contributed by atoms with Crippen molar-refractivity contribution in [3.63, 3.8) is 0 Å². The molecule has 2 N–H and O–H groups in total. The van der Waals surface area contributed by atoms with Crippen molar-refractivity contribution in [2.24, 2.45) is 0 Å². The van der Waals surface area contributed by atoms with Crippen LogP contribution < -0.4 is 10.6 Å². The molecule has 0 spiro atoms. The van der Waals surface area contributed by atoms with Crippen LogP contribution in [0.4, 0.5) is 23.8 Å². The van der Waals surface area contributed by atoms with E-state index in [2.05, 4.69) is 35.6 Å². The molecule has 0 aliphatic rings. The van der Waals surface area contributed by atoms with Gasteiger partial charge in [-0.25, -0.2) is 34.5 Å². The fourth-order valence-corrected chi connectivity index (χ4v) is 4.90. The number of rotatable bonds is 7. The number of nitrogens with zero attached hydrogens (tertiary/aromatic N) is 5. The first-order valence-electron chi connectivity index (χ1n) is 10.7. The Kier molecular flexibility index (Phi) is 7.73. The van der Waals surface area contributed by atoms with Gasteiger partial charge < -0.3 is 10.1 Å². The van der Waals surface area contributed by atoms with Crippen molar-refractivity contribution in [2.45, 2.75) is 20.0 Å². The maximum absolute atomic E-state index is 13.3. The van der Waals surface area contributed by atoms with Gasteiger partial charge in [-0.1, -0.05) is 0 Å². The first kappa shape index (κ1) is 26.1. The van der Waals surface area contributed by atoms with Crippen LogP contribution >= 0.6 is 22.7 Å². The Balaban J connectivity index is 1.87. The zero-order valence-electron chi connectivity index (χ0n) is 19.3. The highest BCUT2D eigenvalue weighted by molar-refractivity contribution is 7.17. The molecule has 0 atom stereocenters. The maximum atomic E-state index is 13.3. The molecule has 0 fully saturated rings. The third kappa shape index (κ3) is 5.89. The Hall–Kier alpha value is -3.98. The molecule has 0 unspecified atom stereocenters. The van der Waals surface area contributed by atoms with Gasteiger partial charge in [-0.15, -0.1) is 22.7 Å². The Labute approximate surface area is 216 Å². The molecule has 0 radical (unpaired) electrons. The number of urea groups is 1. The average molecular weight is 550 g/mol. The second-order valence-corrected chi connectivity index (χ2v) is 8.98. The summed E-state index contributed by atoms with van der Waals surface area (Å²) in [5, 5.41) is 6.25. The number of esters is 1. The third-order valence-corrected chi connectivity index (χ3v) is 6.55. The minimum Gasteiger partial charge on any atom is -0.462 e. The van der Waals surface area contributed by atoms with Crippen molar-refractivity contribution < 1.29 is 27.5 Å². The summed E-state index contributed by atoms with van der Waals surface area (Å²) in [6.07, 6.45) is -0.326. The SMILES string of the molecule is CCNC(=O)Nc1cc(-c2nc(C(F)(F)F)cs2)c(-c2nc(-c3ncccn3)c(C(=O)OCC)s2)cn1. The quantitative estimate of drug-likeness (QED) is 0.304. The lowest BCUT2D eigenvalue weighted by molar-refractivity contribution is -0.140. The van der Waals surface area contributed by atoms with Gasteiger partial charge in [0.2, 0.25) is 0 Å². The minimum atomic E-state index is -4.64. The normalized spacial score (nSPS) is 11.3. The van der Waals surface area contributed by atoms with E-state index in [0.717, 1.165) is 28.1 Å². The van der Waals surface area contributed by atoms with Crippen molar-refractivity contribution in [1.82, 2.24) is 30.2 Å². The zero-order valence-corrected chi connectivity index (χ0v) is 20.9. The number of thiazole rings is 2. The van der Waals surface area contributed by atoms with Crippen molar-refractivity contribution in [3.8, 4) is 32.7 Å². The van der Waals surface area contributed by atoms with E-state index in [1.807, 2.05) is 0 Å². The van der Waals surface area contributed by atoms with E-state index in [1.54, 1.807) is 19.9 Å². The molecule has 15 heteroatoms. The Bertz CT molecular complexity index is 1420. The second kappa shape index (κ2) is 11.0. The molecule has 0 saturated heterocycles. The number of amides is 2. The maximum Gasteiger partial charge on any atom is 0.434 e. The van der Waals surface area contributed by atoms with E-state index >= 15 is 0 Å². The van der Waals surface area contributed by atoms with Crippen molar-refractivity contribution in [2.75, 3.05) is 18.5 Å². The van der Waals surface area contributed by atoms with Crippen LogP contribution in [0.2, 0.25) is 0 Å². The summed E-state index contributed by atoms with van der Waals surface area (Å²) in [6, 6.07) is 2.46. The number of hydrogen-bond donors (Lipinski definition) is 2. The van der Waals surface area contributed by atoms with Crippen LogP contribution in [-0.2, 0) is 10.9 Å². The number of carbonyl (C=O) groups excluding carboxylic acids is 2. The topological polar surface area (TPSA) is 132 Å². The van der Waals surface area contributed by atoms with Gasteiger partial charge >= 0.3 is 18.2 Å². The summed E-state index contributed by atoms with van der Waals surface area (Å²) < 4.78 is 45.0. The van der Waals surface area contributed by atoms with Crippen LogP contribution in [-0.4, -0.2) is 50.1 Å². The van der Waals surface area contributed by atoms with Crippen LogP contribution in [0.15, 0.2) is 36.1 Å². The molecule has 10 nitrogen and oxygen atoms in total. The predicted molar refractivity (Wildman–Crippen MR) is 131 cm³/mol. The van der Waals surface area contributed by atoms with E-state index in [4.69, 9.17) is 4.74 Å². The number of aromatic nitrogens is 5. The molecular weight excluding hydrogens is 531 g/mol. The van der Waals surface area contributed by atoms with E-state index in [9.17, 15) is 22.8 Å². The molecule has 4 aromatic heterocycles. The van der Waals surface area contributed by atoms with Gasteiger partial charge in [0.25, 0.3) is 0 Å². The summed E-state index contributed by atoms with van der Waals surface area (Å²) in [7, 11) is 0. The molecule has 4 rings (SSSR count). The van der Waals surface area contributed by atoms with Crippen LogP contribution in [0.25, 0.3) is 32.7 Å². The van der Waals surface area contributed by atoms with Gasteiger partial charge in [0.05, 0.1) is 6.61 Å². The monoisotopic (exact) mass is 549 g/mol.